The van der Waals surface area contributed by atoms with Gasteiger partial charge in [0.05, 0.1) is 0 Å². The highest BCUT2D eigenvalue weighted by Gasteiger charge is 2.23. The zero-order chi connectivity index (χ0) is 83.6. The van der Waals surface area contributed by atoms with Crippen LogP contribution in [-0.2, 0) is 0 Å². The van der Waals surface area contributed by atoms with Gasteiger partial charge in [-0.3, -0.25) is 0 Å². The number of para-hydroxylation sites is 6. The fraction of sp³-hybridized carbons (Fsp3) is 0. The van der Waals surface area contributed by atoms with Crippen molar-refractivity contribution in [2.75, 3.05) is 19.6 Å². The maximum absolute atomic E-state index is 6.60. The number of hydrogen-bond acceptors (Lipinski definition) is 6. The number of furan rings is 2. The number of benzene rings is 20. The predicted molar refractivity (Wildman–Crippen MR) is 529 cm³/mol. The number of rotatable bonds is 21. The van der Waals surface area contributed by atoms with Crippen molar-refractivity contribution < 1.29 is 8.83 Å². The summed E-state index contributed by atoms with van der Waals surface area (Å²) in [6, 6.07) is 179. The molecule has 0 unspecified atom stereocenters. The van der Waals surface area contributed by atoms with E-state index in [0.29, 0.717) is 0 Å². The fourth-order valence-corrected chi connectivity index (χ4v) is 17.9. The second-order valence-corrected chi connectivity index (χ2v) is 31.9. The molecule has 2 aromatic heterocycles. The lowest BCUT2D eigenvalue weighted by atomic mass is 9.99. The van der Waals surface area contributed by atoms with E-state index in [1.807, 2.05) is 24.3 Å². The quantitative estimate of drug-likeness (QED) is 0.0714. The standard InChI is InChI=1S/C120H82N4O2/c1-5-20-83(21-6-1)85-38-42-87(43-39-85)89-46-64-101(65-47-89)121(99-25-9-3-10-26-99)102-66-50-91(51-67-102)93-54-72-105(73-55-93)123(104-70-48-90(49-71-104)88-44-40-86(41-45-88)84-22-7-2-8-23-84)106-76-58-95(59-77-106)98-24-17-29-110(82-98)124(109-80-62-97(63-81-109)112-33-19-35-116-114-31-14-16-37-118(114)126-120(112)116)108-74-56-94(57-75-108)92-52-68-103(69-53-92)122(100-27-11-4-12-28-100)107-78-60-96(61-79-107)111-32-18-34-115-113-30-13-15-36-117(113)125-119(111)115/h1-82H. The van der Waals surface area contributed by atoms with Crippen LogP contribution in [0, 0.1) is 0 Å². The highest BCUT2D eigenvalue weighted by atomic mass is 16.3. The molecule has 594 valence electrons. The minimum atomic E-state index is 0.878. The van der Waals surface area contributed by atoms with E-state index in [1.165, 1.54) is 33.4 Å². The number of anilines is 12. The van der Waals surface area contributed by atoms with Crippen LogP contribution in [0.15, 0.2) is 506 Å². The number of nitrogens with zero attached hydrogens (tertiary/aromatic N) is 4. The second-order valence-electron chi connectivity index (χ2n) is 31.9. The number of fused-ring (bicyclic) bond motifs is 6. The van der Waals surface area contributed by atoms with Crippen LogP contribution < -0.4 is 19.6 Å². The SMILES string of the molecule is c1ccc(-c2ccc(-c3ccc(N(c4ccccc4)c4ccc(-c5ccc(N(c6ccc(-c7ccc(-c8ccccc8)cc7)cc6)c6ccc(-c7cccc(N(c8ccc(-c9ccc(N(c%10ccccc%10)c%10ccc(-c%11cccc%12c%11oc%11ccccc%11%12)cc%10)cc9)cc8)c8ccc(-c9cccc%10c9oc9ccccc9%10)cc8)c7)cc6)cc5)cc4)cc3)cc2)cc1. The van der Waals surface area contributed by atoms with Crippen LogP contribution in [0.3, 0.4) is 0 Å². The molecule has 0 radical (unpaired) electrons. The van der Waals surface area contributed by atoms with Crippen molar-refractivity contribution in [2.45, 2.75) is 0 Å². The molecule has 0 saturated heterocycles. The Labute approximate surface area is 733 Å². The van der Waals surface area contributed by atoms with E-state index >= 15 is 0 Å². The average molecular weight is 1610 g/mol. The van der Waals surface area contributed by atoms with Gasteiger partial charge in [-0.15, -0.1) is 0 Å². The molecule has 22 aromatic rings. The first-order chi connectivity index (χ1) is 62.4. The maximum Gasteiger partial charge on any atom is 0.143 e. The van der Waals surface area contributed by atoms with E-state index in [0.717, 1.165) is 179 Å². The van der Waals surface area contributed by atoms with E-state index in [4.69, 9.17) is 8.83 Å². The van der Waals surface area contributed by atoms with Gasteiger partial charge in [0.1, 0.15) is 22.3 Å². The summed E-state index contributed by atoms with van der Waals surface area (Å²) in [6.07, 6.45) is 0. The molecule has 0 N–H and O–H groups in total. The highest BCUT2D eigenvalue weighted by Crippen LogP contribution is 2.47. The molecule has 126 heavy (non-hydrogen) atoms. The Morgan fingerprint density at radius 2 is 0.302 bits per heavy atom. The first kappa shape index (κ1) is 75.4. The van der Waals surface area contributed by atoms with Gasteiger partial charge in [-0.1, -0.05) is 340 Å². The smallest absolute Gasteiger partial charge is 0.143 e. The maximum atomic E-state index is 6.60. The summed E-state index contributed by atoms with van der Waals surface area (Å²) in [7, 11) is 0. The van der Waals surface area contributed by atoms with E-state index in [1.54, 1.807) is 0 Å². The molecule has 0 saturated carbocycles. The van der Waals surface area contributed by atoms with Gasteiger partial charge in [0.25, 0.3) is 0 Å². The minimum absolute atomic E-state index is 0.878. The molecule has 0 aliphatic carbocycles. The summed E-state index contributed by atoms with van der Waals surface area (Å²) < 4.78 is 13.1. The van der Waals surface area contributed by atoms with E-state index in [-0.39, 0.29) is 0 Å². The van der Waals surface area contributed by atoms with Crippen molar-refractivity contribution in [1.29, 1.82) is 0 Å². The van der Waals surface area contributed by atoms with Gasteiger partial charge in [0.2, 0.25) is 0 Å². The van der Waals surface area contributed by atoms with Crippen molar-refractivity contribution in [3.63, 3.8) is 0 Å². The van der Waals surface area contributed by atoms with Crippen LogP contribution in [0.25, 0.3) is 144 Å². The summed E-state index contributed by atoms with van der Waals surface area (Å²) in [5, 5.41) is 4.45. The summed E-state index contributed by atoms with van der Waals surface area (Å²) in [6.45, 7) is 0. The Bertz CT molecular complexity index is 7580. The van der Waals surface area contributed by atoms with Gasteiger partial charge in [-0.05, 0) is 247 Å². The van der Waals surface area contributed by atoms with Crippen LogP contribution in [0.2, 0.25) is 0 Å². The van der Waals surface area contributed by atoms with Crippen molar-refractivity contribution in [2.24, 2.45) is 0 Å². The molecule has 6 heteroatoms. The molecule has 0 fully saturated rings. The normalized spacial score (nSPS) is 11.3. The number of hydrogen-bond donors (Lipinski definition) is 0. The monoisotopic (exact) mass is 1610 g/mol. The molecule has 0 aliphatic rings. The zero-order valence-corrected chi connectivity index (χ0v) is 68.9. The topological polar surface area (TPSA) is 39.2 Å². The molecule has 0 bridgehead atoms. The zero-order valence-electron chi connectivity index (χ0n) is 68.9. The van der Waals surface area contributed by atoms with E-state index in [9.17, 15) is 0 Å². The van der Waals surface area contributed by atoms with Crippen LogP contribution in [-0.4, -0.2) is 0 Å². The van der Waals surface area contributed by atoms with Gasteiger partial charge in [0, 0.05) is 101 Å². The largest absolute Gasteiger partial charge is 0.455 e. The Kier molecular flexibility index (Phi) is 19.9. The Balaban J connectivity index is 0.568. The Morgan fingerprint density at radius 3 is 0.587 bits per heavy atom. The van der Waals surface area contributed by atoms with Crippen LogP contribution >= 0.6 is 0 Å². The van der Waals surface area contributed by atoms with Gasteiger partial charge in [-0.2, -0.15) is 0 Å². The second kappa shape index (κ2) is 33.3. The molecule has 2 heterocycles. The van der Waals surface area contributed by atoms with Gasteiger partial charge in [0.15, 0.2) is 0 Å². The summed E-state index contributed by atoms with van der Waals surface area (Å²) in [4.78, 5) is 9.37. The van der Waals surface area contributed by atoms with Crippen molar-refractivity contribution in [3.8, 4) is 100 Å². The molecular weight excluding hydrogens is 1530 g/mol. The van der Waals surface area contributed by atoms with E-state index in [2.05, 4.69) is 493 Å². The molecule has 20 aromatic carbocycles. The lowest BCUT2D eigenvalue weighted by Gasteiger charge is -2.27. The molecular formula is C120H82N4O2. The predicted octanol–water partition coefficient (Wildman–Crippen LogP) is 34.4. The Morgan fingerprint density at radius 1 is 0.119 bits per heavy atom. The van der Waals surface area contributed by atoms with Crippen molar-refractivity contribution >= 4 is 112 Å². The Hall–Kier alpha value is -16.8. The summed E-state index contributed by atoms with van der Waals surface area (Å²) >= 11 is 0. The summed E-state index contributed by atoms with van der Waals surface area (Å²) in [5.74, 6) is 0. The van der Waals surface area contributed by atoms with Crippen molar-refractivity contribution in [1.82, 2.24) is 0 Å². The van der Waals surface area contributed by atoms with E-state index < -0.39 is 0 Å². The first-order valence-electron chi connectivity index (χ1n) is 42.9. The van der Waals surface area contributed by atoms with Gasteiger partial charge >= 0.3 is 0 Å². The van der Waals surface area contributed by atoms with Gasteiger partial charge in [-0.25, -0.2) is 0 Å². The van der Waals surface area contributed by atoms with Crippen LogP contribution in [0.1, 0.15) is 0 Å². The average Bonchev–Trinajstić information content (AvgIpc) is 1.62. The van der Waals surface area contributed by atoms with Gasteiger partial charge < -0.3 is 28.4 Å². The molecule has 22 rings (SSSR count). The van der Waals surface area contributed by atoms with Crippen molar-refractivity contribution in [3.05, 3.63) is 497 Å². The fourth-order valence-electron chi connectivity index (χ4n) is 17.9. The lowest BCUT2D eigenvalue weighted by Crippen LogP contribution is -2.10. The molecule has 0 spiro atoms. The third-order valence-corrected chi connectivity index (χ3v) is 24.3. The minimum Gasteiger partial charge on any atom is -0.455 e. The molecule has 0 aliphatic heterocycles. The lowest BCUT2D eigenvalue weighted by molar-refractivity contribution is 0.669. The third-order valence-electron chi connectivity index (χ3n) is 24.3. The molecule has 0 atom stereocenters. The molecule has 6 nitrogen and oxygen atoms in total. The first-order valence-corrected chi connectivity index (χ1v) is 42.9. The van der Waals surface area contributed by atoms with Crippen LogP contribution in [0.5, 0.6) is 0 Å². The highest BCUT2D eigenvalue weighted by molar-refractivity contribution is 6.11. The molecule has 0 amide bonds. The summed E-state index contributed by atoms with van der Waals surface area (Å²) in [5.41, 5.74) is 36.5. The third kappa shape index (κ3) is 14.9. The van der Waals surface area contributed by atoms with Crippen LogP contribution in [0.4, 0.5) is 68.2 Å².